The molecule has 102 valence electrons. The van der Waals surface area contributed by atoms with E-state index in [0.717, 1.165) is 23.4 Å². The van der Waals surface area contributed by atoms with Gasteiger partial charge < -0.3 is 4.90 Å². The number of thioether (sulfide) groups is 1. The molecule has 1 aromatic heterocycles. The molecule has 1 amide bonds. The monoisotopic (exact) mass is 284 g/mol. The van der Waals surface area contributed by atoms with Crippen LogP contribution >= 0.6 is 11.8 Å². The highest BCUT2D eigenvalue weighted by molar-refractivity contribution is 7.99. The highest BCUT2D eigenvalue weighted by Gasteiger charge is 2.31. The molecule has 0 radical (unpaired) electrons. The molecule has 0 aliphatic carbocycles. The summed E-state index contributed by atoms with van der Waals surface area (Å²) in [6.07, 6.45) is 3.60. The number of aryl methyl sites for hydroxylation is 1. The van der Waals surface area contributed by atoms with E-state index in [2.05, 4.69) is 4.98 Å². The first-order chi connectivity index (χ1) is 9.75. The summed E-state index contributed by atoms with van der Waals surface area (Å²) in [7, 11) is 0. The van der Waals surface area contributed by atoms with E-state index in [-0.39, 0.29) is 11.3 Å². The second-order valence-corrected chi connectivity index (χ2v) is 6.06. The van der Waals surface area contributed by atoms with Crippen LogP contribution in [0.3, 0.4) is 0 Å². The summed E-state index contributed by atoms with van der Waals surface area (Å²) in [5.74, 6) is 1.07. The lowest BCUT2D eigenvalue weighted by molar-refractivity contribution is 0.0760. The van der Waals surface area contributed by atoms with Gasteiger partial charge in [-0.3, -0.25) is 9.78 Å². The zero-order valence-corrected chi connectivity index (χ0v) is 12.1. The summed E-state index contributed by atoms with van der Waals surface area (Å²) >= 11 is 1.79. The van der Waals surface area contributed by atoms with Crippen LogP contribution in [-0.2, 0) is 0 Å². The Kier molecular flexibility index (Phi) is 3.74. The number of carbonyl (C=O) groups excluding carboxylic acids is 1. The van der Waals surface area contributed by atoms with Crippen molar-refractivity contribution in [3.63, 3.8) is 0 Å². The number of hydrogen-bond donors (Lipinski definition) is 0. The predicted octanol–water partition coefficient (Wildman–Crippen LogP) is 3.28. The van der Waals surface area contributed by atoms with E-state index in [1.807, 2.05) is 54.4 Å². The standard InChI is InChI=1S/C16H16N2OS/c1-12-4-6-13(7-5-12)15(19)18-9-10-20-16(18)14-3-2-8-17-11-14/h2-8,11,16H,9-10H2,1H3. The minimum atomic E-state index is 0.0810. The van der Waals surface area contributed by atoms with E-state index in [4.69, 9.17) is 0 Å². The van der Waals surface area contributed by atoms with Gasteiger partial charge in [0.2, 0.25) is 0 Å². The maximum Gasteiger partial charge on any atom is 0.255 e. The molecule has 3 rings (SSSR count). The Morgan fingerprint density at radius 1 is 1.30 bits per heavy atom. The third kappa shape index (κ3) is 2.56. The predicted molar refractivity (Wildman–Crippen MR) is 81.7 cm³/mol. The van der Waals surface area contributed by atoms with Crippen LogP contribution < -0.4 is 0 Å². The molecule has 1 aliphatic heterocycles. The van der Waals surface area contributed by atoms with Crippen LogP contribution in [0.5, 0.6) is 0 Å². The Morgan fingerprint density at radius 3 is 2.80 bits per heavy atom. The fourth-order valence-electron chi connectivity index (χ4n) is 2.34. The van der Waals surface area contributed by atoms with Gasteiger partial charge in [-0.2, -0.15) is 0 Å². The Balaban J connectivity index is 1.85. The third-order valence-electron chi connectivity index (χ3n) is 3.42. The zero-order chi connectivity index (χ0) is 13.9. The normalized spacial score (nSPS) is 18.2. The van der Waals surface area contributed by atoms with Crippen LogP contribution in [0.2, 0.25) is 0 Å². The van der Waals surface area contributed by atoms with Crippen molar-refractivity contribution in [1.82, 2.24) is 9.88 Å². The van der Waals surface area contributed by atoms with Crippen molar-refractivity contribution in [1.29, 1.82) is 0 Å². The van der Waals surface area contributed by atoms with Crippen molar-refractivity contribution in [2.24, 2.45) is 0 Å². The maximum atomic E-state index is 12.6. The summed E-state index contributed by atoms with van der Waals surface area (Å²) < 4.78 is 0. The summed E-state index contributed by atoms with van der Waals surface area (Å²) in [4.78, 5) is 18.7. The van der Waals surface area contributed by atoms with Gasteiger partial charge in [0, 0.05) is 35.8 Å². The smallest absolute Gasteiger partial charge is 0.255 e. The lowest BCUT2D eigenvalue weighted by Crippen LogP contribution is -2.30. The van der Waals surface area contributed by atoms with Crippen molar-refractivity contribution in [2.45, 2.75) is 12.3 Å². The molecule has 3 nitrogen and oxygen atoms in total. The van der Waals surface area contributed by atoms with Crippen molar-refractivity contribution in [3.8, 4) is 0 Å². The quantitative estimate of drug-likeness (QED) is 0.848. The van der Waals surface area contributed by atoms with Crippen LogP contribution in [0.25, 0.3) is 0 Å². The molecule has 1 aliphatic rings. The number of aromatic nitrogens is 1. The molecule has 0 saturated carbocycles. The van der Waals surface area contributed by atoms with Gasteiger partial charge >= 0.3 is 0 Å². The van der Waals surface area contributed by atoms with Crippen molar-refractivity contribution >= 4 is 17.7 Å². The fraction of sp³-hybridized carbons (Fsp3) is 0.250. The van der Waals surface area contributed by atoms with Gasteiger partial charge in [0.25, 0.3) is 5.91 Å². The van der Waals surface area contributed by atoms with Gasteiger partial charge in [-0.1, -0.05) is 23.8 Å². The Morgan fingerprint density at radius 2 is 2.10 bits per heavy atom. The van der Waals surface area contributed by atoms with E-state index >= 15 is 0 Å². The molecule has 1 aromatic carbocycles. The van der Waals surface area contributed by atoms with E-state index in [1.54, 1.807) is 18.0 Å². The van der Waals surface area contributed by atoms with Gasteiger partial charge in [0.05, 0.1) is 0 Å². The minimum absolute atomic E-state index is 0.0810. The molecule has 1 unspecified atom stereocenters. The van der Waals surface area contributed by atoms with Crippen LogP contribution in [0.15, 0.2) is 48.8 Å². The van der Waals surface area contributed by atoms with Crippen LogP contribution in [0.4, 0.5) is 0 Å². The van der Waals surface area contributed by atoms with E-state index in [0.29, 0.717) is 0 Å². The SMILES string of the molecule is Cc1ccc(C(=O)N2CCSC2c2cccnc2)cc1. The third-order valence-corrected chi connectivity index (χ3v) is 4.68. The molecular formula is C16H16N2OS. The number of pyridine rings is 1. The lowest BCUT2D eigenvalue weighted by atomic mass is 10.1. The number of hydrogen-bond acceptors (Lipinski definition) is 3. The number of nitrogens with zero attached hydrogens (tertiary/aromatic N) is 2. The number of rotatable bonds is 2. The van der Waals surface area contributed by atoms with E-state index in [1.165, 1.54) is 5.56 Å². The molecule has 4 heteroatoms. The Bertz CT molecular complexity index is 598. The van der Waals surface area contributed by atoms with Crippen LogP contribution in [0.1, 0.15) is 26.9 Å². The van der Waals surface area contributed by atoms with Gasteiger partial charge in [-0.05, 0) is 25.1 Å². The summed E-state index contributed by atoms with van der Waals surface area (Å²) in [5, 5.41) is 0.0810. The Hall–Kier alpha value is -1.81. The average molecular weight is 284 g/mol. The highest BCUT2D eigenvalue weighted by Crippen LogP contribution is 2.38. The lowest BCUT2D eigenvalue weighted by Gasteiger charge is -2.24. The molecule has 1 atom stereocenters. The largest absolute Gasteiger partial charge is 0.322 e. The van der Waals surface area contributed by atoms with E-state index in [9.17, 15) is 4.79 Å². The fourth-order valence-corrected chi connectivity index (χ4v) is 3.58. The molecule has 0 N–H and O–H groups in total. The topological polar surface area (TPSA) is 33.2 Å². The zero-order valence-electron chi connectivity index (χ0n) is 11.3. The van der Waals surface area contributed by atoms with Crippen molar-refractivity contribution in [3.05, 3.63) is 65.5 Å². The highest BCUT2D eigenvalue weighted by atomic mass is 32.2. The molecule has 1 fully saturated rings. The Labute approximate surface area is 123 Å². The number of carbonyl (C=O) groups is 1. The van der Waals surface area contributed by atoms with Gasteiger partial charge in [0.1, 0.15) is 5.37 Å². The summed E-state index contributed by atoms with van der Waals surface area (Å²) in [6.45, 7) is 2.81. The van der Waals surface area contributed by atoms with Crippen molar-refractivity contribution < 1.29 is 4.79 Å². The molecule has 0 spiro atoms. The molecule has 2 aromatic rings. The number of benzene rings is 1. The molecule has 1 saturated heterocycles. The second-order valence-electron chi connectivity index (χ2n) is 4.87. The first kappa shape index (κ1) is 13.2. The average Bonchev–Trinajstić information content (AvgIpc) is 2.97. The second kappa shape index (κ2) is 5.67. The first-order valence-electron chi connectivity index (χ1n) is 6.65. The summed E-state index contributed by atoms with van der Waals surface area (Å²) in [6, 6.07) is 11.7. The van der Waals surface area contributed by atoms with E-state index < -0.39 is 0 Å². The minimum Gasteiger partial charge on any atom is -0.322 e. The van der Waals surface area contributed by atoms with Crippen LogP contribution in [0, 0.1) is 6.92 Å². The van der Waals surface area contributed by atoms with Gasteiger partial charge in [-0.15, -0.1) is 11.8 Å². The molecule has 2 heterocycles. The van der Waals surface area contributed by atoms with Gasteiger partial charge in [-0.25, -0.2) is 0 Å². The van der Waals surface area contributed by atoms with Gasteiger partial charge in [0.15, 0.2) is 0 Å². The molecule has 20 heavy (non-hydrogen) atoms. The van der Waals surface area contributed by atoms with Crippen LogP contribution in [-0.4, -0.2) is 28.1 Å². The maximum absolute atomic E-state index is 12.6. The van der Waals surface area contributed by atoms with Crippen molar-refractivity contribution in [2.75, 3.05) is 12.3 Å². The molecular weight excluding hydrogens is 268 g/mol. The number of amides is 1. The first-order valence-corrected chi connectivity index (χ1v) is 7.70. The summed E-state index contributed by atoms with van der Waals surface area (Å²) in [5.41, 5.74) is 3.02. The molecule has 0 bridgehead atoms.